The summed E-state index contributed by atoms with van der Waals surface area (Å²) in [4.78, 5) is 0. The highest BCUT2D eigenvalue weighted by molar-refractivity contribution is 6.37. The van der Waals surface area contributed by atoms with Gasteiger partial charge in [0, 0.05) is 13.2 Å². The molecule has 78 valence electrons. The Labute approximate surface area is 86.6 Å². The molecule has 0 saturated heterocycles. The fraction of sp³-hybridized carbons (Fsp3) is 0.400. The topological polar surface area (TPSA) is 27.7 Å². The Bertz CT molecular complexity index is 234. The van der Waals surface area contributed by atoms with Crippen molar-refractivity contribution >= 4 is 9.53 Å². The molecule has 0 saturated carbocycles. The molecule has 0 heterocycles. The number of hydrogen-bond donors (Lipinski definition) is 0. The summed E-state index contributed by atoms with van der Waals surface area (Å²) in [5.74, 6) is 0.811. The minimum atomic E-state index is -1.96. The van der Waals surface area contributed by atoms with Gasteiger partial charge in [-0.1, -0.05) is 18.2 Å². The molecule has 0 amide bonds. The Morgan fingerprint density at radius 3 is 2.07 bits per heavy atom. The third kappa shape index (κ3) is 3.91. The van der Waals surface area contributed by atoms with Crippen molar-refractivity contribution in [1.82, 2.24) is 0 Å². The maximum absolute atomic E-state index is 5.59. The molecule has 0 aliphatic carbocycles. The average molecular weight is 212 g/mol. The Kier molecular flexibility index (Phi) is 5.29. The largest absolute Gasteiger partial charge is 0.549 e. The van der Waals surface area contributed by atoms with E-state index < -0.39 is 9.53 Å². The van der Waals surface area contributed by atoms with Crippen LogP contribution in [0.25, 0.3) is 0 Å². The second kappa shape index (κ2) is 6.59. The highest BCUT2D eigenvalue weighted by atomic mass is 28.3. The van der Waals surface area contributed by atoms with Crippen molar-refractivity contribution in [1.29, 1.82) is 0 Å². The van der Waals surface area contributed by atoms with Gasteiger partial charge in [0.25, 0.3) is 0 Å². The fourth-order valence-electron chi connectivity index (χ4n) is 0.998. The van der Waals surface area contributed by atoms with Crippen LogP contribution >= 0.6 is 0 Å². The van der Waals surface area contributed by atoms with E-state index >= 15 is 0 Å². The smallest absolute Gasteiger partial charge is 0.503 e. The normalized spacial score (nSPS) is 10.5. The van der Waals surface area contributed by atoms with E-state index in [1.807, 2.05) is 44.2 Å². The van der Waals surface area contributed by atoms with Gasteiger partial charge in [0.05, 0.1) is 0 Å². The molecule has 0 radical (unpaired) electrons. The van der Waals surface area contributed by atoms with Crippen LogP contribution in [-0.4, -0.2) is 22.7 Å². The first-order valence-corrected chi connectivity index (χ1v) is 6.23. The first-order chi connectivity index (χ1) is 6.86. The predicted molar refractivity (Wildman–Crippen MR) is 57.5 cm³/mol. The second-order valence-electron chi connectivity index (χ2n) is 2.63. The summed E-state index contributed by atoms with van der Waals surface area (Å²) in [5, 5.41) is 0. The Balaban J connectivity index is 2.46. The second-order valence-corrected chi connectivity index (χ2v) is 4.11. The molecule has 1 rings (SSSR count). The molecule has 0 atom stereocenters. The van der Waals surface area contributed by atoms with Crippen LogP contribution in [0.15, 0.2) is 30.3 Å². The summed E-state index contributed by atoms with van der Waals surface area (Å²) < 4.78 is 16.4. The molecule has 0 aromatic heterocycles. The predicted octanol–water partition coefficient (Wildman–Crippen LogP) is 1.86. The number of rotatable bonds is 6. The van der Waals surface area contributed by atoms with E-state index in [4.69, 9.17) is 13.3 Å². The van der Waals surface area contributed by atoms with Gasteiger partial charge >= 0.3 is 9.53 Å². The maximum atomic E-state index is 5.59. The lowest BCUT2D eigenvalue weighted by Gasteiger charge is -2.15. The van der Waals surface area contributed by atoms with Gasteiger partial charge in [-0.3, -0.25) is 0 Å². The first-order valence-electron chi connectivity index (χ1n) is 4.81. The SMILES string of the molecule is CCO[SiH](OCC)Oc1ccccc1. The molecule has 0 bridgehead atoms. The van der Waals surface area contributed by atoms with Crippen molar-refractivity contribution in [3.63, 3.8) is 0 Å². The minimum absolute atomic E-state index is 0.629. The van der Waals surface area contributed by atoms with Gasteiger partial charge in [0.2, 0.25) is 0 Å². The zero-order chi connectivity index (χ0) is 10.2. The molecule has 14 heavy (non-hydrogen) atoms. The molecular formula is C10H16O3Si. The third-order valence-corrected chi connectivity index (χ3v) is 3.26. The van der Waals surface area contributed by atoms with Crippen molar-refractivity contribution in [2.24, 2.45) is 0 Å². The van der Waals surface area contributed by atoms with E-state index in [0.717, 1.165) is 5.75 Å². The summed E-state index contributed by atoms with van der Waals surface area (Å²) in [5.41, 5.74) is 0. The molecular weight excluding hydrogens is 196 g/mol. The van der Waals surface area contributed by atoms with Crippen molar-refractivity contribution in [3.8, 4) is 5.75 Å². The molecule has 3 nitrogen and oxygen atoms in total. The van der Waals surface area contributed by atoms with Crippen molar-refractivity contribution in [3.05, 3.63) is 30.3 Å². The monoisotopic (exact) mass is 212 g/mol. The number of hydrogen-bond acceptors (Lipinski definition) is 3. The van der Waals surface area contributed by atoms with Crippen LogP contribution in [0.2, 0.25) is 0 Å². The van der Waals surface area contributed by atoms with Crippen LogP contribution in [0.5, 0.6) is 5.75 Å². The molecule has 4 heteroatoms. The van der Waals surface area contributed by atoms with E-state index in [9.17, 15) is 0 Å². The highest BCUT2D eigenvalue weighted by Crippen LogP contribution is 2.10. The Hall–Kier alpha value is -0.843. The minimum Gasteiger partial charge on any atom is -0.503 e. The lowest BCUT2D eigenvalue weighted by Crippen LogP contribution is -2.30. The van der Waals surface area contributed by atoms with Crippen molar-refractivity contribution < 1.29 is 13.3 Å². The zero-order valence-electron chi connectivity index (χ0n) is 8.60. The van der Waals surface area contributed by atoms with E-state index in [-0.39, 0.29) is 0 Å². The van der Waals surface area contributed by atoms with E-state index in [2.05, 4.69) is 0 Å². The molecule has 0 spiro atoms. The maximum Gasteiger partial charge on any atom is 0.549 e. The molecule has 0 aliphatic rings. The average Bonchev–Trinajstić information content (AvgIpc) is 2.20. The van der Waals surface area contributed by atoms with E-state index in [0.29, 0.717) is 13.2 Å². The van der Waals surface area contributed by atoms with Gasteiger partial charge in [-0.2, -0.15) is 0 Å². The molecule has 1 aromatic rings. The van der Waals surface area contributed by atoms with Crippen LogP contribution in [0.3, 0.4) is 0 Å². The quantitative estimate of drug-likeness (QED) is 0.674. The zero-order valence-corrected chi connectivity index (χ0v) is 9.76. The van der Waals surface area contributed by atoms with Crippen molar-refractivity contribution in [2.75, 3.05) is 13.2 Å². The van der Waals surface area contributed by atoms with Crippen LogP contribution in [0, 0.1) is 0 Å². The Morgan fingerprint density at radius 2 is 1.57 bits per heavy atom. The lowest BCUT2D eigenvalue weighted by atomic mass is 10.3. The molecule has 0 aliphatic heterocycles. The number of benzene rings is 1. The van der Waals surface area contributed by atoms with E-state index in [1.165, 1.54) is 0 Å². The molecule has 0 N–H and O–H groups in total. The summed E-state index contributed by atoms with van der Waals surface area (Å²) in [6.07, 6.45) is 0. The molecule has 1 aromatic carbocycles. The van der Waals surface area contributed by atoms with Gasteiger partial charge in [0.1, 0.15) is 5.75 Å². The molecule has 0 unspecified atom stereocenters. The van der Waals surface area contributed by atoms with Crippen LogP contribution in [-0.2, 0) is 8.85 Å². The summed E-state index contributed by atoms with van der Waals surface area (Å²) >= 11 is 0. The van der Waals surface area contributed by atoms with Gasteiger partial charge in [-0.05, 0) is 26.0 Å². The van der Waals surface area contributed by atoms with Crippen LogP contribution in [0.1, 0.15) is 13.8 Å². The summed E-state index contributed by atoms with van der Waals surface area (Å²) in [7, 11) is -1.96. The van der Waals surface area contributed by atoms with Gasteiger partial charge in [0.15, 0.2) is 0 Å². The Morgan fingerprint density at radius 1 is 1.00 bits per heavy atom. The fourth-order valence-corrected chi connectivity index (χ4v) is 2.15. The van der Waals surface area contributed by atoms with Gasteiger partial charge in [-0.15, -0.1) is 0 Å². The third-order valence-electron chi connectivity index (χ3n) is 1.58. The van der Waals surface area contributed by atoms with Crippen LogP contribution < -0.4 is 4.43 Å². The van der Waals surface area contributed by atoms with Gasteiger partial charge in [-0.25, -0.2) is 0 Å². The van der Waals surface area contributed by atoms with Crippen LogP contribution in [0.4, 0.5) is 0 Å². The first kappa shape index (κ1) is 11.2. The van der Waals surface area contributed by atoms with Crippen molar-refractivity contribution in [2.45, 2.75) is 13.8 Å². The lowest BCUT2D eigenvalue weighted by molar-refractivity contribution is 0.153. The van der Waals surface area contributed by atoms with E-state index in [1.54, 1.807) is 0 Å². The standard InChI is InChI=1S/C10H16O3Si/c1-3-11-14(12-4-2)13-10-8-6-5-7-9-10/h5-9,14H,3-4H2,1-2H3. The molecule has 0 fully saturated rings. The summed E-state index contributed by atoms with van der Waals surface area (Å²) in [6, 6.07) is 9.61. The summed E-state index contributed by atoms with van der Waals surface area (Å²) in [6.45, 7) is 5.13. The van der Waals surface area contributed by atoms with Gasteiger partial charge < -0.3 is 13.3 Å². The number of para-hydroxylation sites is 1. The highest BCUT2D eigenvalue weighted by Gasteiger charge is 2.15.